The number of fused-ring (bicyclic) bond motifs is 3. The average Bonchev–Trinajstić information content (AvgIpc) is 3.44. The minimum absolute atomic E-state index is 0.0156. The van der Waals surface area contributed by atoms with Gasteiger partial charge in [-0.25, -0.2) is 9.79 Å². The summed E-state index contributed by atoms with van der Waals surface area (Å²) in [4.78, 5) is 36.5. The van der Waals surface area contributed by atoms with E-state index in [-0.39, 0.29) is 24.1 Å². The zero-order valence-corrected chi connectivity index (χ0v) is 22.8. The molecule has 3 aliphatic rings. The zero-order chi connectivity index (χ0) is 26.5. The van der Waals surface area contributed by atoms with Gasteiger partial charge in [-0.2, -0.15) is 0 Å². The number of benzene rings is 2. The quantitative estimate of drug-likeness (QED) is 0.580. The van der Waals surface area contributed by atoms with Gasteiger partial charge in [-0.1, -0.05) is 41.9 Å². The van der Waals surface area contributed by atoms with Crippen molar-refractivity contribution < 1.29 is 14.3 Å². The molecule has 194 valence electrons. The third kappa shape index (κ3) is 5.02. The molecule has 2 saturated heterocycles. The lowest BCUT2D eigenvalue weighted by Gasteiger charge is -2.37. The number of nitrogens with one attached hydrogen (secondary N) is 1. The highest BCUT2D eigenvalue weighted by molar-refractivity contribution is 7.80. The maximum Gasteiger partial charge on any atom is 0.410 e. The predicted octanol–water partition coefficient (Wildman–Crippen LogP) is 4.05. The molecule has 3 atom stereocenters. The fourth-order valence-corrected chi connectivity index (χ4v) is 5.63. The molecule has 3 heterocycles. The van der Waals surface area contributed by atoms with Gasteiger partial charge in [0.2, 0.25) is 6.17 Å². The Hall–Kier alpha value is -3.17. The van der Waals surface area contributed by atoms with Crippen LogP contribution in [0.4, 0.5) is 10.5 Å². The molecule has 10 heteroatoms. The van der Waals surface area contributed by atoms with E-state index in [1.54, 1.807) is 22.9 Å². The van der Waals surface area contributed by atoms with Crippen LogP contribution in [0.25, 0.3) is 0 Å². The number of thiocarbonyl (C=S) groups is 1. The molecule has 2 bridgehead atoms. The van der Waals surface area contributed by atoms with E-state index in [2.05, 4.69) is 10.2 Å². The minimum Gasteiger partial charge on any atom is -0.444 e. The largest absolute Gasteiger partial charge is 0.444 e. The summed E-state index contributed by atoms with van der Waals surface area (Å²) in [5.41, 5.74) is 2.49. The number of hydrogen-bond donors (Lipinski definition) is 1. The number of piperazine rings is 1. The number of halogens is 1. The normalized spacial score (nSPS) is 22.9. The monoisotopic (exact) mass is 539 g/mol. The van der Waals surface area contributed by atoms with Gasteiger partial charge in [0.1, 0.15) is 5.60 Å². The molecule has 0 aliphatic carbocycles. The first-order valence-electron chi connectivity index (χ1n) is 12.3. The van der Waals surface area contributed by atoms with Crippen LogP contribution in [-0.4, -0.2) is 76.6 Å². The van der Waals surface area contributed by atoms with Gasteiger partial charge in [-0.15, -0.1) is 0 Å². The van der Waals surface area contributed by atoms with Gasteiger partial charge >= 0.3 is 6.09 Å². The molecule has 8 nitrogen and oxygen atoms in total. The molecule has 2 aromatic carbocycles. The van der Waals surface area contributed by atoms with Gasteiger partial charge in [0.25, 0.3) is 5.91 Å². The summed E-state index contributed by atoms with van der Waals surface area (Å²) >= 11 is 12.1. The van der Waals surface area contributed by atoms with Crippen LogP contribution in [0.5, 0.6) is 0 Å². The summed E-state index contributed by atoms with van der Waals surface area (Å²) in [6.45, 7) is 6.70. The van der Waals surface area contributed by atoms with E-state index in [4.69, 9.17) is 33.5 Å². The number of aliphatic imine (C=N–C) groups is 1. The summed E-state index contributed by atoms with van der Waals surface area (Å²) in [7, 11) is 1.73. The Labute approximate surface area is 227 Å². The van der Waals surface area contributed by atoms with Crippen molar-refractivity contribution in [1.82, 2.24) is 15.1 Å². The molecule has 5 rings (SSSR count). The smallest absolute Gasteiger partial charge is 0.410 e. The Balaban J connectivity index is 1.38. The Morgan fingerprint density at radius 2 is 1.78 bits per heavy atom. The standard InChI is InChI=1S/C27H30ClN5O3S/c1-27(2,3)36-26(35)33-15-18-13-19(33)14-32(18)25(37)30-23-24(34)31(4)21-11-10-17(28)12-20(21)22(29-23)16-8-6-5-7-9-16/h5-12,18-19,23H,13-15H2,1-4H3,(H,30,37). The maximum atomic E-state index is 13.5. The molecule has 2 amide bonds. The molecule has 0 aromatic heterocycles. The zero-order valence-electron chi connectivity index (χ0n) is 21.3. The number of likely N-dealkylation sites (N-methyl/N-ethyl adjacent to an activating group) is 1. The maximum absolute atomic E-state index is 13.5. The van der Waals surface area contributed by atoms with Crippen molar-refractivity contribution in [2.75, 3.05) is 25.0 Å². The van der Waals surface area contributed by atoms with E-state index in [1.165, 1.54) is 0 Å². The molecular weight excluding hydrogens is 510 g/mol. The third-order valence-corrected chi connectivity index (χ3v) is 7.42. The molecule has 3 unspecified atom stereocenters. The number of benzodiazepines with no additional fused rings is 1. The molecule has 2 fully saturated rings. The molecule has 2 aromatic rings. The van der Waals surface area contributed by atoms with Gasteiger partial charge in [0.15, 0.2) is 5.11 Å². The molecule has 0 saturated carbocycles. The van der Waals surface area contributed by atoms with E-state index in [1.807, 2.05) is 63.2 Å². The van der Waals surface area contributed by atoms with Crippen molar-refractivity contribution in [2.45, 2.75) is 51.0 Å². The summed E-state index contributed by atoms with van der Waals surface area (Å²) in [5, 5.41) is 4.22. The van der Waals surface area contributed by atoms with Crippen LogP contribution in [0, 0.1) is 0 Å². The Kier molecular flexibility index (Phi) is 6.62. The van der Waals surface area contributed by atoms with Crippen LogP contribution in [0.15, 0.2) is 53.5 Å². The van der Waals surface area contributed by atoms with E-state index in [0.717, 1.165) is 23.2 Å². The van der Waals surface area contributed by atoms with Crippen LogP contribution >= 0.6 is 23.8 Å². The van der Waals surface area contributed by atoms with Crippen molar-refractivity contribution in [1.29, 1.82) is 0 Å². The fourth-order valence-electron chi connectivity index (χ4n) is 5.13. The molecule has 0 radical (unpaired) electrons. The Morgan fingerprint density at radius 1 is 1.11 bits per heavy atom. The number of rotatable bonds is 2. The van der Waals surface area contributed by atoms with E-state index in [9.17, 15) is 9.59 Å². The molecule has 1 N–H and O–H groups in total. The van der Waals surface area contributed by atoms with Crippen LogP contribution in [-0.2, 0) is 9.53 Å². The summed E-state index contributed by atoms with van der Waals surface area (Å²) in [6.07, 6.45) is -0.408. The number of likely N-dealkylation sites (tertiary alicyclic amines) is 2. The van der Waals surface area contributed by atoms with E-state index >= 15 is 0 Å². The number of carbonyl (C=O) groups is 2. The number of nitrogens with zero attached hydrogens (tertiary/aromatic N) is 4. The Morgan fingerprint density at radius 3 is 2.43 bits per heavy atom. The van der Waals surface area contributed by atoms with Crippen molar-refractivity contribution >= 4 is 52.3 Å². The summed E-state index contributed by atoms with van der Waals surface area (Å²) in [6, 6.07) is 15.2. The SMILES string of the molecule is CN1C(=O)C(NC(=S)N2CC3CC2CN3C(=O)OC(C)(C)C)N=C(c2ccccc2)c2cc(Cl)ccc21. The highest BCUT2D eigenvalue weighted by Gasteiger charge is 2.47. The average molecular weight is 540 g/mol. The van der Waals surface area contributed by atoms with Crippen LogP contribution in [0.2, 0.25) is 5.02 Å². The second kappa shape index (κ2) is 9.61. The highest BCUT2D eigenvalue weighted by Crippen LogP contribution is 2.33. The first kappa shape index (κ1) is 25.5. The van der Waals surface area contributed by atoms with Gasteiger partial charge in [-0.05, 0) is 57.6 Å². The molecule has 37 heavy (non-hydrogen) atoms. The summed E-state index contributed by atoms with van der Waals surface area (Å²) in [5.74, 6) is -0.225. The molecule has 3 aliphatic heterocycles. The van der Waals surface area contributed by atoms with Crippen molar-refractivity contribution in [3.63, 3.8) is 0 Å². The predicted molar refractivity (Wildman–Crippen MR) is 148 cm³/mol. The molecule has 0 spiro atoms. The van der Waals surface area contributed by atoms with Crippen molar-refractivity contribution in [2.24, 2.45) is 4.99 Å². The lowest BCUT2D eigenvalue weighted by molar-refractivity contribution is -0.119. The van der Waals surface area contributed by atoms with Gasteiger partial charge in [0, 0.05) is 36.3 Å². The van der Waals surface area contributed by atoms with Gasteiger partial charge in [-0.3, -0.25) is 4.79 Å². The van der Waals surface area contributed by atoms with Crippen LogP contribution < -0.4 is 10.2 Å². The van der Waals surface area contributed by atoms with Gasteiger partial charge in [0.05, 0.1) is 23.5 Å². The van der Waals surface area contributed by atoms with E-state index < -0.39 is 11.8 Å². The van der Waals surface area contributed by atoms with Gasteiger partial charge < -0.3 is 24.8 Å². The fraction of sp³-hybridized carbons (Fsp3) is 0.407. The highest BCUT2D eigenvalue weighted by atomic mass is 35.5. The van der Waals surface area contributed by atoms with Crippen molar-refractivity contribution in [3.8, 4) is 0 Å². The number of carbonyl (C=O) groups excluding carboxylic acids is 2. The first-order valence-corrected chi connectivity index (χ1v) is 13.1. The number of anilines is 1. The van der Waals surface area contributed by atoms with E-state index in [0.29, 0.717) is 28.9 Å². The lowest BCUT2D eigenvalue weighted by Crippen LogP contribution is -2.56. The lowest BCUT2D eigenvalue weighted by atomic mass is 10.0. The van der Waals surface area contributed by atoms with Crippen LogP contribution in [0.1, 0.15) is 38.3 Å². The van der Waals surface area contributed by atoms with Crippen molar-refractivity contribution in [3.05, 3.63) is 64.7 Å². The number of hydrogen-bond acceptors (Lipinski definition) is 5. The molecular formula is C27H30ClN5O3S. The Bertz CT molecular complexity index is 1280. The first-order chi connectivity index (χ1) is 17.5. The third-order valence-electron chi connectivity index (χ3n) is 6.83. The second-order valence-corrected chi connectivity index (χ2v) is 11.4. The topological polar surface area (TPSA) is 77.5 Å². The summed E-state index contributed by atoms with van der Waals surface area (Å²) < 4.78 is 5.57. The minimum atomic E-state index is -0.917. The second-order valence-electron chi connectivity index (χ2n) is 10.6. The number of amides is 2. The van der Waals surface area contributed by atoms with Crippen LogP contribution in [0.3, 0.4) is 0 Å². The number of ether oxygens (including phenoxy) is 1.